The lowest BCUT2D eigenvalue weighted by atomic mass is 10.2. The van der Waals surface area contributed by atoms with Gasteiger partial charge < -0.3 is 10.2 Å². The van der Waals surface area contributed by atoms with E-state index in [1.54, 1.807) is 30.3 Å². The fourth-order valence-corrected chi connectivity index (χ4v) is 4.81. The Balaban J connectivity index is 1.59. The molecule has 2 aromatic carbocycles. The van der Waals surface area contributed by atoms with Crippen molar-refractivity contribution in [1.82, 2.24) is 4.72 Å². The first-order valence-electron chi connectivity index (χ1n) is 9.41. The summed E-state index contributed by atoms with van der Waals surface area (Å²) in [5, 5.41) is 2.63. The average Bonchev–Trinajstić information content (AvgIpc) is 3.31. The minimum absolute atomic E-state index is 0.108. The number of hydrogen-bond acceptors (Lipinski definition) is 5. The summed E-state index contributed by atoms with van der Waals surface area (Å²) in [6.45, 7) is 3.15. The number of nitrogens with zero attached hydrogens (tertiary/aromatic N) is 2. The summed E-state index contributed by atoms with van der Waals surface area (Å²) in [5.74, 6) is -0.933. The summed E-state index contributed by atoms with van der Waals surface area (Å²) in [4.78, 5) is 19.1. The second-order valence-electron chi connectivity index (χ2n) is 7.07. The maximum absolute atomic E-state index is 14.5. The van der Waals surface area contributed by atoms with E-state index >= 15 is 0 Å². The number of carbonyl (C=O) groups is 1. The molecule has 1 fully saturated rings. The number of rotatable bonds is 4. The first-order valence-corrected chi connectivity index (χ1v) is 10.9. The molecule has 0 radical (unpaired) electrons. The zero-order chi connectivity index (χ0) is 20.6. The van der Waals surface area contributed by atoms with E-state index in [-0.39, 0.29) is 16.4 Å². The van der Waals surface area contributed by atoms with Gasteiger partial charge in [0.25, 0.3) is 10.0 Å². The lowest BCUT2D eigenvalue weighted by Crippen LogP contribution is -2.30. The second-order valence-corrected chi connectivity index (χ2v) is 8.72. The van der Waals surface area contributed by atoms with Crippen LogP contribution >= 0.6 is 0 Å². The van der Waals surface area contributed by atoms with Gasteiger partial charge in [0.2, 0.25) is 5.91 Å². The van der Waals surface area contributed by atoms with E-state index in [1.807, 2.05) is 4.90 Å². The smallest absolute Gasteiger partial charge is 0.263 e. The molecule has 2 aromatic rings. The topological polar surface area (TPSA) is 90.9 Å². The number of aliphatic imine (C=N–C) groups is 1. The molecule has 1 saturated heterocycles. The van der Waals surface area contributed by atoms with Crippen LogP contribution in [0.25, 0.3) is 0 Å². The molecule has 0 spiro atoms. The van der Waals surface area contributed by atoms with Gasteiger partial charge in [-0.15, -0.1) is 0 Å². The molecule has 2 aliphatic heterocycles. The number of hydrogen-bond donors (Lipinski definition) is 2. The van der Waals surface area contributed by atoms with Gasteiger partial charge in [-0.3, -0.25) is 14.5 Å². The van der Waals surface area contributed by atoms with Crippen LogP contribution < -0.4 is 14.9 Å². The fourth-order valence-electron chi connectivity index (χ4n) is 3.57. The van der Waals surface area contributed by atoms with Crippen molar-refractivity contribution < 1.29 is 17.6 Å². The van der Waals surface area contributed by atoms with E-state index in [9.17, 15) is 17.6 Å². The van der Waals surface area contributed by atoms with Crippen LogP contribution in [-0.4, -0.2) is 39.3 Å². The summed E-state index contributed by atoms with van der Waals surface area (Å²) < 4.78 is 41.2. The van der Waals surface area contributed by atoms with Gasteiger partial charge in [-0.25, -0.2) is 12.8 Å². The molecule has 1 amide bonds. The third-order valence-corrected chi connectivity index (χ3v) is 6.45. The molecular formula is C20H21FN4O3S. The van der Waals surface area contributed by atoms with Gasteiger partial charge in [0.15, 0.2) is 0 Å². The Kier molecular flexibility index (Phi) is 4.99. The minimum atomic E-state index is -3.69. The second kappa shape index (κ2) is 7.47. The van der Waals surface area contributed by atoms with Crippen LogP contribution in [0.3, 0.4) is 0 Å². The van der Waals surface area contributed by atoms with E-state index in [2.05, 4.69) is 15.0 Å². The summed E-state index contributed by atoms with van der Waals surface area (Å²) in [6, 6.07) is 10.2. The van der Waals surface area contributed by atoms with Crippen LogP contribution in [0.1, 0.15) is 25.3 Å². The van der Waals surface area contributed by atoms with Gasteiger partial charge in [0.1, 0.15) is 23.4 Å². The molecule has 4 rings (SSSR count). The Labute approximate surface area is 168 Å². The highest BCUT2D eigenvalue weighted by Gasteiger charge is 2.31. The van der Waals surface area contributed by atoms with Crippen molar-refractivity contribution in [3.05, 3.63) is 53.8 Å². The van der Waals surface area contributed by atoms with Crippen LogP contribution in [0.5, 0.6) is 0 Å². The van der Waals surface area contributed by atoms with Gasteiger partial charge in [-0.2, -0.15) is 0 Å². The Morgan fingerprint density at radius 1 is 1.17 bits per heavy atom. The lowest BCUT2D eigenvalue weighted by Gasteiger charge is -2.22. The largest absolute Gasteiger partial charge is 0.370 e. The molecule has 1 atom stereocenters. The van der Waals surface area contributed by atoms with Crippen molar-refractivity contribution in [2.45, 2.75) is 30.7 Å². The summed E-state index contributed by atoms with van der Waals surface area (Å²) in [7, 11) is -3.69. The zero-order valence-electron chi connectivity index (χ0n) is 15.9. The van der Waals surface area contributed by atoms with E-state index in [4.69, 9.17) is 0 Å². The molecule has 29 heavy (non-hydrogen) atoms. The summed E-state index contributed by atoms with van der Waals surface area (Å²) >= 11 is 0. The first-order chi connectivity index (χ1) is 13.9. The molecule has 0 unspecified atom stereocenters. The van der Waals surface area contributed by atoms with E-state index in [0.29, 0.717) is 11.3 Å². The van der Waals surface area contributed by atoms with Crippen LogP contribution in [0, 0.1) is 5.82 Å². The van der Waals surface area contributed by atoms with Crippen molar-refractivity contribution in [1.29, 1.82) is 0 Å². The summed E-state index contributed by atoms with van der Waals surface area (Å²) in [5.41, 5.74) is 1.18. The SMILES string of the molecule is C[C@H](N=C1NS(=O)(=O)c2ccccc21)C(=O)Nc1c(F)cccc1N1CCCC1. The molecule has 7 nitrogen and oxygen atoms in total. The van der Waals surface area contributed by atoms with E-state index < -0.39 is 27.8 Å². The van der Waals surface area contributed by atoms with Crippen molar-refractivity contribution in [2.75, 3.05) is 23.3 Å². The van der Waals surface area contributed by atoms with E-state index in [1.165, 1.54) is 19.1 Å². The van der Waals surface area contributed by atoms with Crippen LogP contribution in [0.15, 0.2) is 52.4 Å². The monoisotopic (exact) mass is 416 g/mol. The first kappa shape index (κ1) is 19.4. The van der Waals surface area contributed by atoms with Crippen LogP contribution in [0.4, 0.5) is 15.8 Å². The fraction of sp³-hybridized carbons (Fsp3) is 0.300. The van der Waals surface area contributed by atoms with Crippen LogP contribution in [0.2, 0.25) is 0 Å². The standard InChI is InChI=1S/C20H21FN4O3S/c1-13(22-19-14-7-2-3-10-17(14)29(27,28)24-19)20(26)23-18-15(21)8-6-9-16(18)25-11-4-5-12-25/h2-3,6-10,13H,4-5,11-12H2,1H3,(H,22,24)(H,23,26)/t13-/m0/s1. The highest BCUT2D eigenvalue weighted by molar-refractivity contribution is 7.90. The Bertz CT molecular complexity index is 1090. The molecule has 0 aromatic heterocycles. The Morgan fingerprint density at radius 3 is 2.66 bits per heavy atom. The zero-order valence-corrected chi connectivity index (χ0v) is 16.7. The Morgan fingerprint density at radius 2 is 1.90 bits per heavy atom. The molecule has 0 saturated carbocycles. The number of sulfonamides is 1. The van der Waals surface area contributed by atoms with Gasteiger partial charge >= 0.3 is 0 Å². The molecule has 2 N–H and O–H groups in total. The number of halogens is 1. The number of anilines is 2. The van der Waals surface area contributed by atoms with Crippen molar-refractivity contribution in [2.24, 2.45) is 4.99 Å². The van der Waals surface area contributed by atoms with Crippen LogP contribution in [-0.2, 0) is 14.8 Å². The number of amidine groups is 1. The van der Waals surface area contributed by atoms with Gasteiger partial charge in [-0.05, 0) is 44.0 Å². The lowest BCUT2D eigenvalue weighted by molar-refractivity contribution is -0.117. The number of fused-ring (bicyclic) bond motifs is 1. The van der Waals surface area contributed by atoms with Gasteiger partial charge in [0.05, 0.1) is 10.6 Å². The number of amides is 1. The normalized spacial score (nSPS) is 19.7. The van der Waals surface area contributed by atoms with Crippen molar-refractivity contribution in [3.63, 3.8) is 0 Å². The van der Waals surface area contributed by atoms with Crippen molar-refractivity contribution in [3.8, 4) is 0 Å². The molecule has 2 heterocycles. The molecule has 152 valence electrons. The highest BCUT2D eigenvalue weighted by Crippen LogP contribution is 2.31. The third kappa shape index (κ3) is 3.69. The third-order valence-electron chi connectivity index (χ3n) is 5.05. The predicted octanol–water partition coefficient (Wildman–Crippen LogP) is 2.49. The number of nitrogens with one attached hydrogen (secondary N) is 2. The molecular weight excluding hydrogens is 395 g/mol. The van der Waals surface area contributed by atoms with E-state index in [0.717, 1.165) is 25.9 Å². The average molecular weight is 416 g/mol. The van der Waals surface area contributed by atoms with Gasteiger partial charge in [-0.1, -0.05) is 18.2 Å². The molecule has 9 heteroatoms. The molecule has 2 aliphatic rings. The minimum Gasteiger partial charge on any atom is -0.370 e. The quantitative estimate of drug-likeness (QED) is 0.801. The highest BCUT2D eigenvalue weighted by atomic mass is 32.2. The Hall–Kier alpha value is -2.94. The van der Waals surface area contributed by atoms with Gasteiger partial charge in [0, 0.05) is 18.7 Å². The number of carbonyl (C=O) groups excluding carboxylic acids is 1. The number of benzene rings is 2. The molecule has 0 bridgehead atoms. The number of para-hydroxylation sites is 1. The summed E-state index contributed by atoms with van der Waals surface area (Å²) in [6.07, 6.45) is 2.04. The maximum Gasteiger partial charge on any atom is 0.263 e. The predicted molar refractivity (Wildman–Crippen MR) is 109 cm³/mol. The maximum atomic E-state index is 14.5. The van der Waals surface area contributed by atoms with Crippen molar-refractivity contribution >= 4 is 33.1 Å². The molecule has 0 aliphatic carbocycles.